The third-order valence-electron chi connectivity index (χ3n) is 4.53. The summed E-state index contributed by atoms with van der Waals surface area (Å²) in [6.45, 7) is 0.165. The van der Waals surface area contributed by atoms with Gasteiger partial charge in [0.15, 0.2) is 5.11 Å². The van der Waals surface area contributed by atoms with Crippen molar-refractivity contribution in [1.29, 1.82) is 5.26 Å². The molecule has 2 heterocycles. The van der Waals surface area contributed by atoms with E-state index in [1.165, 1.54) is 4.90 Å². The summed E-state index contributed by atoms with van der Waals surface area (Å²) in [7, 11) is 0. The van der Waals surface area contributed by atoms with E-state index in [1.54, 1.807) is 35.0 Å². The molecule has 142 valence electrons. The van der Waals surface area contributed by atoms with E-state index in [0.717, 1.165) is 15.4 Å². The van der Waals surface area contributed by atoms with Gasteiger partial charge in [-0.05, 0) is 42.6 Å². The first-order chi connectivity index (χ1) is 14.0. The van der Waals surface area contributed by atoms with E-state index in [9.17, 15) is 9.59 Å². The van der Waals surface area contributed by atoms with Crippen molar-refractivity contribution in [3.05, 3.63) is 70.3 Å². The maximum atomic E-state index is 13.2. The minimum atomic E-state index is -0.552. The molecule has 3 aromatic rings. The van der Waals surface area contributed by atoms with Crippen molar-refractivity contribution < 1.29 is 9.59 Å². The van der Waals surface area contributed by atoms with E-state index in [4.69, 9.17) is 17.5 Å². The average molecular weight is 465 g/mol. The highest BCUT2D eigenvalue weighted by Crippen LogP contribution is 2.27. The summed E-state index contributed by atoms with van der Waals surface area (Å²) < 4.78 is 2.57. The minimum Gasteiger partial charge on any atom is -0.333 e. The Morgan fingerprint density at radius 2 is 1.97 bits per heavy atom. The molecular formula is C21H13BrN4O2S. The Balaban J connectivity index is 1.82. The molecule has 0 unspecified atom stereocenters. The maximum Gasteiger partial charge on any atom is 0.270 e. The summed E-state index contributed by atoms with van der Waals surface area (Å²) in [5, 5.41) is 12.5. The molecule has 1 aliphatic heterocycles. The number of nitrogens with zero attached hydrogens (tertiary/aromatic N) is 3. The zero-order valence-corrected chi connectivity index (χ0v) is 17.3. The first-order valence-electron chi connectivity index (χ1n) is 8.61. The van der Waals surface area contributed by atoms with Crippen LogP contribution < -0.4 is 10.2 Å². The van der Waals surface area contributed by atoms with Gasteiger partial charge in [0, 0.05) is 27.1 Å². The zero-order valence-electron chi connectivity index (χ0n) is 14.9. The normalized spacial score (nSPS) is 15.7. The Morgan fingerprint density at radius 3 is 2.72 bits per heavy atom. The van der Waals surface area contributed by atoms with Gasteiger partial charge in [-0.2, -0.15) is 5.26 Å². The molecule has 0 spiro atoms. The molecule has 2 amide bonds. The van der Waals surface area contributed by atoms with E-state index in [-0.39, 0.29) is 17.2 Å². The fourth-order valence-electron chi connectivity index (χ4n) is 3.26. The second-order valence-electron chi connectivity index (χ2n) is 6.33. The summed E-state index contributed by atoms with van der Waals surface area (Å²) in [4.78, 5) is 27.0. The molecule has 4 rings (SSSR count). The minimum absolute atomic E-state index is 0.0292. The molecule has 29 heavy (non-hydrogen) atoms. The van der Waals surface area contributed by atoms with Crippen LogP contribution in [0.2, 0.25) is 0 Å². The molecule has 1 saturated heterocycles. The van der Waals surface area contributed by atoms with Crippen LogP contribution >= 0.6 is 28.1 Å². The number of para-hydroxylation sites is 1. The number of halogens is 1. The molecule has 1 aliphatic rings. The molecule has 0 radical (unpaired) electrons. The van der Waals surface area contributed by atoms with Gasteiger partial charge in [-0.15, -0.1) is 0 Å². The van der Waals surface area contributed by atoms with Crippen LogP contribution in [-0.2, 0) is 16.1 Å². The Morgan fingerprint density at radius 1 is 1.17 bits per heavy atom. The third kappa shape index (κ3) is 3.46. The summed E-state index contributed by atoms with van der Waals surface area (Å²) in [6.07, 6.45) is 3.30. The van der Waals surface area contributed by atoms with Crippen LogP contribution in [0.4, 0.5) is 5.69 Å². The second kappa shape index (κ2) is 7.62. The van der Waals surface area contributed by atoms with Crippen LogP contribution in [0.15, 0.2) is 64.8 Å². The average Bonchev–Trinajstić information content (AvgIpc) is 3.03. The van der Waals surface area contributed by atoms with Crippen molar-refractivity contribution in [2.24, 2.45) is 0 Å². The SMILES string of the molecule is N#CCn1cc(/C=C2\C(=O)NC(=S)N(c3cccc(Br)c3)C2=O)c2ccccc21. The van der Waals surface area contributed by atoms with Crippen molar-refractivity contribution in [3.63, 3.8) is 0 Å². The first-order valence-corrected chi connectivity index (χ1v) is 9.81. The van der Waals surface area contributed by atoms with Crippen molar-refractivity contribution in [2.75, 3.05) is 4.90 Å². The smallest absolute Gasteiger partial charge is 0.270 e. The maximum absolute atomic E-state index is 13.2. The van der Waals surface area contributed by atoms with Gasteiger partial charge in [0.25, 0.3) is 11.8 Å². The van der Waals surface area contributed by atoms with Crippen molar-refractivity contribution in [1.82, 2.24) is 9.88 Å². The quantitative estimate of drug-likeness (QED) is 0.363. The van der Waals surface area contributed by atoms with Crippen LogP contribution in [0.1, 0.15) is 5.56 Å². The number of rotatable bonds is 3. The molecule has 1 fully saturated rings. The number of carbonyl (C=O) groups excluding carboxylic acids is 2. The van der Waals surface area contributed by atoms with Crippen LogP contribution in [0.25, 0.3) is 17.0 Å². The predicted octanol–water partition coefficient (Wildman–Crippen LogP) is 3.76. The number of hydrogen-bond acceptors (Lipinski definition) is 4. The summed E-state index contributed by atoms with van der Waals surface area (Å²) in [5.74, 6) is -1.06. The lowest BCUT2D eigenvalue weighted by Crippen LogP contribution is -2.54. The van der Waals surface area contributed by atoms with Crippen molar-refractivity contribution in [2.45, 2.75) is 6.54 Å². The van der Waals surface area contributed by atoms with Gasteiger partial charge in [0.05, 0.1) is 11.8 Å². The van der Waals surface area contributed by atoms with Gasteiger partial charge < -0.3 is 4.57 Å². The summed E-state index contributed by atoms with van der Waals surface area (Å²) >= 11 is 8.61. The van der Waals surface area contributed by atoms with E-state index >= 15 is 0 Å². The fraction of sp³-hybridized carbons (Fsp3) is 0.0476. The Labute approximate surface area is 180 Å². The van der Waals surface area contributed by atoms with E-state index < -0.39 is 11.8 Å². The summed E-state index contributed by atoms with van der Waals surface area (Å²) in [6, 6.07) is 16.7. The van der Waals surface area contributed by atoms with Crippen molar-refractivity contribution in [3.8, 4) is 6.07 Å². The first kappa shape index (κ1) is 19.1. The number of nitriles is 1. The molecule has 8 heteroatoms. The van der Waals surface area contributed by atoms with E-state index in [0.29, 0.717) is 11.3 Å². The second-order valence-corrected chi connectivity index (χ2v) is 7.63. The standard InChI is InChI=1S/C21H13BrN4O2S/c22-14-4-3-5-15(11-14)26-20(28)17(19(27)24-21(26)29)10-13-12-25(9-8-23)18-7-2-1-6-16(13)18/h1-7,10-12H,9H2,(H,24,27,29)/b17-10+. The highest BCUT2D eigenvalue weighted by atomic mass is 79.9. The zero-order chi connectivity index (χ0) is 20.5. The Bertz CT molecular complexity index is 1260. The molecule has 6 nitrogen and oxygen atoms in total. The number of thiocarbonyl (C=S) groups is 1. The third-order valence-corrected chi connectivity index (χ3v) is 5.31. The van der Waals surface area contributed by atoms with Gasteiger partial charge in [-0.1, -0.05) is 40.2 Å². The van der Waals surface area contributed by atoms with Gasteiger partial charge in [0.2, 0.25) is 0 Å². The van der Waals surface area contributed by atoms with Gasteiger partial charge in [-0.25, -0.2) is 0 Å². The lowest BCUT2D eigenvalue weighted by atomic mass is 10.1. The number of carbonyl (C=O) groups is 2. The highest BCUT2D eigenvalue weighted by molar-refractivity contribution is 9.10. The summed E-state index contributed by atoms with van der Waals surface area (Å²) in [5.41, 5.74) is 2.05. The van der Waals surface area contributed by atoms with Crippen LogP contribution in [-0.4, -0.2) is 21.5 Å². The van der Waals surface area contributed by atoms with Gasteiger partial charge in [-0.3, -0.25) is 19.8 Å². The number of nitrogens with one attached hydrogen (secondary N) is 1. The lowest BCUT2D eigenvalue weighted by molar-refractivity contribution is -0.122. The number of amides is 2. The van der Waals surface area contributed by atoms with Crippen LogP contribution in [0.3, 0.4) is 0 Å². The molecule has 0 saturated carbocycles. The van der Waals surface area contributed by atoms with Crippen LogP contribution in [0, 0.1) is 11.3 Å². The molecule has 0 bridgehead atoms. The van der Waals surface area contributed by atoms with E-state index in [2.05, 4.69) is 27.3 Å². The van der Waals surface area contributed by atoms with E-state index in [1.807, 2.05) is 30.3 Å². The van der Waals surface area contributed by atoms with Gasteiger partial charge in [0.1, 0.15) is 12.1 Å². The fourth-order valence-corrected chi connectivity index (χ4v) is 3.93. The number of fused-ring (bicyclic) bond motifs is 1. The van der Waals surface area contributed by atoms with Gasteiger partial charge >= 0.3 is 0 Å². The molecule has 0 aliphatic carbocycles. The highest BCUT2D eigenvalue weighted by Gasteiger charge is 2.34. The Kier molecular flexibility index (Phi) is 5.01. The lowest BCUT2D eigenvalue weighted by Gasteiger charge is -2.29. The number of benzene rings is 2. The Hall–Kier alpha value is -3.28. The number of anilines is 1. The topological polar surface area (TPSA) is 78.1 Å². The largest absolute Gasteiger partial charge is 0.333 e. The molecule has 1 aromatic heterocycles. The predicted molar refractivity (Wildman–Crippen MR) is 118 cm³/mol. The molecule has 0 atom stereocenters. The number of hydrogen-bond donors (Lipinski definition) is 1. The number of aromatic nitrogens is 1. The molecule has 1 N–H and O–H groups in total. The van der Waals surface area contributed by atoms with Crippen LogP contribution in [0.5, 0.6) is 0 Å². The molecular weight excluding hydrogens is 452 g/mol. The van der Waals surface area contributed by atoms with Crippen molar-refractivity contribution >= 4 is 67.7 Å². The monoisotopic (exact) mass is 464 g/mol. The molecule has 2 aromatic carbocycles.